The Hall–Kier alpha value is -1.09. The lowest BCUT2D eigenvalue weighted by molar-refractivity contribution is 0.181. The lowest BCUT2D eigenvalue weighted by Crippen LogP contribution is -2.41. The Balaban J connectivity index is 0.00000312. The van der Waals surface area contributed by atoms with Gasteiger partial charge in [-0.25, -0.2) is 4.98 Å². The molecule has 0 aromatic carbocycles. The number of halogens is 1. The normalized spacial score (nSPS) is 17.1. The van der Waals surface area contributed by atoms with Gasteiger partial charge in [-0.1, -0.05) is 6.07 Å². The van der Waals surface area contributed by atoms with E-state index in [1.807, 2.05) is 13.2 Å². The molecular weight excluding hydrogens is 429 g/mol. The minimum atomic E-state index is 0. The van der Waals surface area contributed by atoms with Crippen molar-refractivity contribution in [3.05, 3.63) is 23.9 Å². The number of rotatable bonds is 7. The van der Waals surface area contributed by atoms with E-state index in [1.54, 1.807) is 0 Å². The van der Waals surface area contributed by atoms with Crippen LogP contribution in [0.5, 0.6) is 0 Å². The van der Waals surface area contributed by atoms with Gasteiger partial charge >= 0.3 is 0 Å². The molecule has 1 fully saturated rings. The van der Waals surface area contributed by atoms with Gasteiger partial charge in [0.1, 0.15) is 5.82 Å². The Morgan fingerprint density at radius 1 is 1.36 bits per heavy atom. The van der Waals surface area contributed by atoms with Crippen LogP contribution in [0, 0.1) is 5.92 Å². The first-order valence-corrected chi connectivity index (χ1v) is 8.87. The Morgan fingerprint density at radius 3 is 2.64 bits per heavy atom. The van der Waals surface area contributed by atoms with E-state index in [0.29, 0.717) is 5.92 Å². The summed E-state index contributed by atoms with van der Waals surface area (Å²) in [6, 6.07) is 4.22. The molecule has 1 aliphatic heterocycles. The molecule has 142 valence electrons. The van der Waals surface area contributed by atoms with Crippen molar-refractivity contribution >= 4 is 35.8 Å². The van der Waals surface area contributed by atoms with Crippen LogP contribution in [0.4, 0.5) is 5.82 Å². The van der Waals surface area contributed by atoms with Gasteiger partial charge in [0.05, 0.1) is 6.61 Å². The molecule has 1 aromatic rings. The zero-order valence-corrected chi connectivity index (χ0v) is 18.2. The van der Waals surface area contributed by atoms with Crippen molar-refractivity contribution in [2.75, 3.05) is 51.8 Å². The number of anilines is 1. The Bertz CT molecular complexity index is 513. The minimum Gasteiger partial charge on any atom is -0.381 e. The SMILES string of the molecule is CCN(CC)c1ccc(CNC(=NC)N(C)CC2CCOC2)cn1.I. The molecule has 7 heteroatoms. The predicted octanol–water partition coefficient (Wildman–Crippen LogP) is 2.59. The standard InChI is InChI=1S/C18H31N5O.HI/c1-5-23(6-2)17-8-7-15(11-20-17)12-21-18(19-3)22(4)13-16-9-10-24-14-16;/h7-8,11,16H,5-6,9-10,12-14H2,1-4H3,(H,19,21);1H. The van der Waals surface area contributed by atoms with Crippen molar-refractivity contribution in [3.63, 3.8) is 0 Å². The molecule has 25 heavy (non-hydrogen) atoms. The number of aliphatic imine (C=N–C) groups is 1. The van der Waals surface area contributed by atoms with Gasteiger partial charge in [-0.3, -0.25) is 4.99 Å². The van der Waals surface area contributed by atoms with Gasteiger partial charge in [0.2, 0.25) is 0 Å². The third-order valence-corrected chi connectivity index (χ3v) is 4.48. The first kappa shape index (κ1) is 22.0. The zero-order chi connectivity index (χ0) is 17.4. The Morgan fingerprint density at radius 2 is 2.12 bits per heavy atom. The first-order chi connectivity index (χ1) is 11.7. The van der Waals surface area contributed by atoms with Crippen molar-refractivity contribution < 1.29 is 4.74 Å². The van der Waals surface area contributed by atoms with Crippen molar-refractivity contribution in [3.8, 4) is 0 Å². The van der Waals surface area contributed by atoms with Crippen molar-refractivity contribution in [1.29, 1.82) is 0 Å². The quantitative estimate of drug-likeness (QED) is 0.385. The second kappa shape index (κ2) is 11.5. The molecule has 0 amide bonds. The molecule has 6 nitrogen and oxygen atoms in total. The van der Waals surface area contributed by atoms with E-state index in [9.17, 15) is 0 Å². The van der Waals surface area contributed by atoms with Crippen LogP contribution in [0.2, 0.25) is 0 Å². The van der Waals surface area contributed by atoms with E-state index in [1.165, 1.54) is 0 Å². The molecule has 1 saturated heterocycles. The Kier molecular flexibility index (Phi) is 10.1. The molecule has 1 unspecified atom stereocenters. The van der Waals surface area contributed by atoms with Gasteiger partial charge in [-0.15, -0.1) is 24.0 Å². The highest BCUT2D eigenvalue weighted by Crippen LogP contribution is 2.13. The molecule has 2 heterocycles. The maximum Gasteiger partial charge on any atom is 0.193 e. The molecule has 0 spiro atoms. The number of hydrogen-bond donors (Lipinski definition) is 1. The summed E-state index contributed by atoms with van der Waals surface area (Å²) >= 11 is 0. The highest BCUT2D eigenvalue weighted by atomic mass is 127. The summed E-state index contributed by atoms with van der Waals surface area (Å²) in [5, 5.41) is 3.42. The average Bonchev–Trinajstić information content (AvgIpc) is 3.10. The molecule has 1 atom stereocenters. The predicted molar refractivity (Wildman–Crippen MR) is 115 cm³/mol. The van der Waals surface area contributed by atoms with E-state index in [-0.39, 0.29) is 24.0 Å². The van der Waals surface area contributed by atoms with Gasteiger partial charge in [0.15, 0.2) is 5.96 Å². The van der Waals surface area contributed by atoms with Gasteiger partial charge < -0.3 is 19.9 Å². The van der Waals surface area contributed by atoms with E-state index in [0.717, 1.165) is 63.2 Å². The molecule has 1 aromatic heterocycles. The monoisotopic (exact) mass is 461 g/mol. The second-order valence-corrected chi connectivity index (χ2v) is 6.21. The smallest absolute Gasteiger partial charge is 0.193 e. The van der Waals surface area contributed by atoms with Gasteiger partial charge in [-0.05, 0) is 31.9 Å². The van der Waals surface area contributed by atoms with Gasteiger partial charge in [-0.2, -0.15) is 0 Å². The van der Waals surface area contributed by atoms with Gasteiger partial charge in [0.25, 0.3) is 0 Å². The molecule has 1 aliphatic rings. The van der Waals surface area contributed by atoms with Gasteiger partial charge in [0, 0.05) is 59.0 Å². The van der Waals surface area contributed by atoms with Crippen LogP contribution in [-0.2, 0) is 11.3 Å². The number of ether oxygens (including phenoxy) is 1. The summed E-state index contributed by atoms with van der Waals surface area (Å²) in [5.41, 5.74) is 1.16. The number of nitrogens with one attached hydrogen (secondary N) is 1. The van der Waals surface area contributed by atoms with Crippen LogP contribution >= 0.6 is 24.0 Å². The third-order valence-electron chi connectivity index (χ3n) is 4.48. The number of nitrogens with zero attached hydrogens (tertiary/aromatic N) is 4. The number of pyridine rings is 1. The molecular formula is C18H32IN5O. The molecule has 0 radical (unpaired) electrons. The lowest BCUT2D eigenvalue weighted by Gasteiger charge is -2.24. The number of hydrogen-bond acceptors (Lipinski definition) is 4. The lowest BCUT2D eigenvalue weighted by atomic mass is 10.1. The van der Waals surface area contributed by atoms with Crippen molar-refractivity contribution in [1.82, 2.24) is 15.2 Å². The summed E-state index contributed by atoms with van der Waals surface area (Å²) in [4.78, 5) is 13.4. The topological polar surface area (TPSA) is 53.0 Å². The van der Waals surface area contributed by atoms with Crippen molar-refractivity contribution in [2.45, 2.75) is 26.8 Å². The number of guanidine groups is 1. The summed E-state index contributed by atoms with van der Waals surface area (Å²) in [5.74, 6) is 2.55. The van der Waals surface area contributed by atoms with Crippen molar-refractivity contribution in [2.24, 2.45) is 10.9 Å². The van der Waals surface area contributed by atoms with Crippen LogP contribution in [0.15, 0.2) is 23.3 Å². The van der Waals surface area contributed by atoms with Crippen LogP contribution in [-0.4, -0.2) is 62.8 Å². The average molecular weight is 461 g/mol. The molecule has 0 bridgehead atoms. The summed E-state index contributed by atoms with van der Waals surface area (Å²) < 4.78 is 5.45. The zero-order valence-electron chi connectivity index (χ0n) is 15.9. The second-order valence-electron chi connectivity index (χ2n) is 6.21. The maximum atomic E-state index is 5.45. The van der Waals surface area contributed by atoms with E-state index < -0.39 is 0 Å². The summed E-state index contributed by atoms with van der Waals surface area (Å²) in [6.45, 7) is 9.69. The molecule has 0 saturated carbocycles. The molecule has 0 aliphatic carbocycles. The van der Waals surface area contributed by atoms with Crippen LogP contribution in [0.25, 0.3) is 0 Å². The highest BCUT2D eigenvalue weighted by Gasteiger charge is 2.19. The Labute approximate surface area is 169 Å². The van der Waals surface area contributed by atoms with E-state index in [2.05, 4.69) is 58.1 Å². The fourth-order valence-corrected chi connectivity index (χ4v) is 3.02. The number of aromatic nitrogens is 1. The maximum absolute atomic E-state index is 5.45. The van der Waals surface area contributed by atoms with Crippen LogP contribution < -0.4 is 10.2 Å². The highest BCUT2D eigenvalue weighted by molar-refractivity contribution is 14.0. The largest absolute Gasteiger partial charge is 0.381 e. The van der Waals surface area contributed by atoms with Crippen LogP contribution in [0.3, 0.4) is 0 Å². The fraction of sp³-hybridized carbons (Fsp3) is 0.667. The first-order valence-electron chi connectivity index (χ1n) is 8.87. The fourth-order valence-electron chi connectivity index (χ4n) is 3.02. The summed E-state index contributed by atoms with van der Waals surface area (Å²) in [7, 11) is 3.90. The van der Waals surface area contributed by atoms with E-state index >= 15 is 0 Å². The third kappa shape index (κ3) is 6.62. The molecule has 2 rings (SSSR count). The molecule has 1 N–H and O–H groups in total. The van der Waals surface area contributed by atoms with Crippen LogP contribution in [0.1, 0.15) is 25.8 Å². The minimum absolute atomic E-state index is 0. The van der Waals surface area contributed by atoms with E-state index in [4.69, 9.17) is 4.74 Å². The summed E-state index contributed by atoms with van der Waals surface area (Å²) in [6.07, 6.45) is 3.08.